The normalized spacial score (nSPS) is 10.0. The van der Waals surface area contributed by atoms with Gasteiger partial charge in [0.2, 0.25) is 0 Å². The fourth-order valence-electron chi connectivity index (χ4n) is 0.941. The Morgan fingerprint density at radius 3 is 2.82 bits per heavy atom. The fourth-order valence-corrected chi connectivity index (χ4v) is 0.941. The van der Waals surface area contributed by atoms with Crippen LogP contribution in [0.1, 0.15) is 24.6 Å². The van der Waals surface area contributed by atoms with E-state index >= 15 is 0 Å². The lowest BCUT2D eigenvalue weighted by Crippen LogP contribution is -2.24. The predicted octanol–water partition coefficient (Wildman–Crippen LogP) is 0.753. The van der Waals surface area contributed by atoms with Gasteiger partial charge in [-0.15, -0.1) is 0 Å². The first-order chi connectivity index (χ1) is 5.24. The average molecular weight is 153 g/mol. The number of hydrogen-bond acceptors (Lipinski definition) is 1. The Kier molecular flexibility index (Phi) is 2.41. The van der Waals surface area contributed by atoms with Crippen molar-refractivity contribution in [3.8, 4) is 0 Å². The van der Waals surface area contributed by atoms with Crippen molar-refractivity contribution in [1.82, 2.24) is 4.57 Å². The Bertz CT molecular complexity index is 252. The Balaban J connectivity index is 2.69. The number of hydrogen-bond donors (Lipinski definition) is 0. The highest BCUT2D eigenvalue weighted by Crippen LogP contribution is 1.92. The molecule has 0 aliphatic carbocycles. The molecule has 0 amide bonds. The molecule has 3 nitrogen and oxygen atoms in total. The van der Waals surface area contributed by atoms with E-state index < -0.39 is 0 Å². The van der Waals surface area contributed by atoms with Crippen LogP contribution in [0.15, 0.2) is 18.7 Å². The lowest BCUT2D eigenvalue weighted by molar-refractivity contribution is -0.670. The molecule has 1 heterocycles. The first kappa shape index (κ1) is 7.98. The molecule has 11 heavy (non-hydrogen) atoms. The van der Waals surface area contributed by atoms with Crippen LogP contribution in [0.5, 0.6) is 0 Å². The van der Waals surface area contributed by atoms with Crippen LogP contribution >= 0.6 is 0 Å². The molecular formula is C8H13N2O+. The summed E-state index contributed by atoms with van der Waals surface area (Å²) in [6.45, 7) is 2.00. The SMILES string of the molecule is CCCC(=O)n1cc[n+](C)c1. The van der Waals surface area contributed by atoms with E-state index in [0.717, 1.165) is 6.42 Å². The Morgan fingerprint density at radius 2 is 2.36 bits per heavy atom. The Morgan fingerprint density at radius 1 is 1.64 bits per heavy atom. The van der Waals surface area contributed by atoms with Gasteiger partial charge in [0.25, 0.3) is 6.33 Å². The summed E-state index contributed by atoms with van der Waals surface area (Å²) >= 11 is 0. The maximum atomic E-state index is 11.2. The molecule has 0 aliphatic heterocycles. The predicted molar refractivity (Wildman–Crippen MR) is 41.1 cm³/mol. The van der Waals surface area contributed by atoms with Crippen LogP contribution in [-0.4, -0.2) is 10.5 Å². The maximum absolute atomic E-state index is 11.2. The molecule has 60 valence electrons. The molecule has 0 aromatic carbocycles. The van der Waals surface area contributed by atoms with Crippen molar-refractivity contribution in [1.29, 1.82) is 0 Å². The number of carbonyl (C=O) groups is 1. The van der Waals surface area contributed by atoms with E-state index in [1.54, 1.807) is 17.1 Å². The lowest BCUT2D eigenvalue weighted by atomic mass is 10.3. The quantitative estimate of drug-likeness (QED) is 0.576. The largest absolute Gasteiger partial charge is 0.313 e. The second-order valence-corrected chi connectivity index (χ2v) is 2.63. The summed E-state index contributed by atoms with van der Waals surface area (Å²) in [6.07, 6.45) is 6.93. The summed E-state index contributed by atoms with van der Waals surface area (Å²) in [4.78, 5) is 11.2. The molecule has 1 aromatic rings. The molecule has 1 rings (SSSR count). The van der Waals surface area contributed by atoms with Gasteiger partial charge in [0.15, 0.2) is 0 Å². The summed E-state index contributed by atoms with van der Waals surface area (Å²) in [6, 6.07) is 0. The standard InChI is InChI=1S/C8H13N2O/c1-3-4-8(11)10-6-5-9(2)7-10/h5-7H,3-4H2,1-2H3/q+1. The van der Waals surface area contributed by atoms with Gasteiger partial charge in [0.05, 0.1) is 7.05 Å². The van der Waals surface area contributed by atoms with E-state index in [1.165, 1.54) is 0 Å². The third kappa shape index (κ3) is 1.90. The number of rotatable bonds is 2. The number of aryl methyl sites for hydroxylation is 1. The molecule has 0 spiro atoms. The second-order valence-electron chi connectivity index (χ2n) is 2.63. The van der Waals surface area contributed by atoms with Gasteiger partial charge in [0, 0.05) is 6.42 Å². The molecule has 0 N–H and O–H groups in total. The average Bonchev–Trinajstić information content (AvgIpc) is 2.36. The highest BCUT2D eigenvalue weighted by atomic mass is 16.2. The second kappa shape index (κ2) is 3.32. The topological polar surface area (TPSA) is 25.9 Å². The summed E-state index contributed by atoms with van der Waals surface area (Å²) in [5.74, 6) is 0.160. The Labute approximate surface area is 66.3 Å². The van der Waals surface area contributed by atoms with Gasteiger partial charge in [-0.3, -0.25) is 0 Å². The number of carbonyl (C=O) groups excluding carboxylic acids is 1. The molecule has 0 bridgehead atoms. The van der Waals surface area contributed by atoms with Gasteiger partial charge in [0.1, 0.15) is 12.4 Å². The van der Waals surface area contributed by atoms with Crippen molar-refractivity contribution in [3.05, 3.63) is 18.7 Å². The van der Waals surface area contributed by atoms with E-state index in [1.807, 2.05) is 24.7 Å². The van der Waals surface area contributed by atoms with Gasteiger partial charge in [-0.2, -0.15) is 4.57 Å². The smallest absolute Gasteiger partial charge is 0.246 e. The first-order valence-corrected chi connectivity index (χ1v) is 3.80. The zero-order chi connectivity index (χ0) is 8.27. The number of nitrogens with zero attached hydrogens (tertiary/aromatic N) is 2. The number of aromatic nitrogens is 2. The van der Waals surface area contributed by atoms with Crippen LogP contribution in [0.4, 0.5) is 0 Å². The third-order valence-electron chi connectivity index (χ3n) is 1.52. The van der Waals surface area contributed by atoms with E-state index in [0.29, 0.717) is 6.42 Å². The molecular weight excluding hydrogens is 140 g/mol. The molecule has 0 saturated heterocycles. The fraction of sp³-hybridized carbons (Fsp3) is 0.500. The van der Waals surface area contributed by atoms with Crippen molar-refractivity contribution in [3.63, 3.8) is 0 Å². The minimum Gasteiger partial charge on any atom is -0.246 e. The molecule has 0 unspecified atom stereocenters. The van der Waals surface area contributed by atoms with Gasteiger partial charge < -0.3 is 0 Å². The van der Waals surface area contributed by atoms with Gasteiger partial charge in [-0.05, 0) is 6.42 Å². The zero-order valence-electron chi connectivity index (χ0n) is 6.95. The minimum atomic E-state index is 0.160. The summed E-state index contributed by atoms with van der Waals surface area (Å²) in [5, 5.41) is 0. The van der Waals surface area contributed by atoms with Gasteiger partial charge >= 0.3 is 5.91 Å². The van der Waals surface area contributed by atoms with Crippen LogP contribution in [-0.2, 0) is 7.05 Å². The van der Waals surface area contributed by atoms with E-state index in [9.17, 15) is 4.79 Å². The lowest BCUT2D eigenvalue weighted by Gasteiger charge is -1.89. The zero-order valence-corrected chi connectivity index (χ0v) is 6.95. The van der Waals surface area contributed by atoms with Gasteiger partial charge in [-0.1, -0.05) is 6.92 Å². The molecule has 0 aliphatic rings. The summed E-state index contributed by atoms with van der Waals surface area (Å²) in [7, 11) is 1.90. The van der Waals surface area contributed by atoms with E-state index in [4.69, 9.17) is 0 Å². The first-order valence-electron chi connectivity index (χ1n) is 3.80. The monoisotopic (exact) mass is 153 g/mol. The van der Waals surface area contributed by atoms with Crippen molar-refractivity contribution >= 4 is 5.91 Å². The molecule has 0 saturated carbocycles. The van der Waals surface area contributed by atoms with Gasteiger partial charge in [-0.25, -0.2) is 9.36 Å². The molecule has 0 radical (unpaired) electrons. The molecule has 3 heteroatoms. The third-order valence-corrected chi connectivity index (χ3v) is 1.52. The molecule has 0 atom stereocenters. The van der Waals surface area contributed by atoms with Crippen LogP contribution in [0.2, 0.25) is 0 Å². The molecule has 0 fully saturated rings. The summed E-state index contributed by atoms with van der Waals surface area (Å²) in [5.41, 5.74) is 0. The van der Waals surface area contributed by atoms with E-state index in [2.05, 4.69) is 0 Å². The van der Waals surface area contributed by atoms with E-state index in [-0.39, 0.29) is 5.91 Å². The van der Waals surface area contributed by atoms with Crippen LogP contribution < -0.4 is 4.57 Å². The Hall–Kier alpha value is -1.12. The van der Waals surface area contributed by atoms with Crippen molar-refractivity contribution in [2.75, 3.05) is 0 Å². The highest BCUT2D eigenvalue weighted by Gasteiger charge is 2.08. The summed E-state index contributed by atoms with van der Waals surface area (Å²) < 4.78 is 3.47. The number of imidazole rings is 1. The molecule has 1 aromatic heterocycles. The van der Waals surface area contributed by atoms with Crippen LogP contribution in [0, 0.1) is 0 Å². The van der Waals surface area contributed by atoms with Crippen LogP contribution in [0.25, 0.3) is 0 Å². The highest BCUT2D eigenvalue weighted by molar-refractivity contribution is 5.78. The minimum absolute atomic E-state index is 0.160. The van der Waals surface area contributed by atoms with Crippen LogP contribution in [0.3, 0.4) is 0 Å². The van der Waals surface area contributed by atoms with Crippen molar-refractivity contribution in [2.45, 2.75) is 19.8 Å². The van der Waals surface area contributed by atoms with Crippen molar-refractivity contribution in [2.24, 2.45) is 7.05 Å². The van der Waals surface area contributed by atoms with Crippen molar-refractivity contribution < 1.29 is 9.36 Å². The maximum Gasteiger partial charge on any atom is 0.313 e.